The van der Waals surface area contributed by atoms with E-state index in [1.165, 1.54) is 35.9 Å². The van der Waals surface area contributed by atoms with Crippen LogP contribution in [0.25, 0.3) is 0 Å². The van der Waals surface area contributed by atoms with Crippen LogP contribution in [0, 0.1) is 0 Å². The molecule has 108 valence electrons. The molecule has 0 spiro atoms. The van der Waals surface area contributed by atoms with Crippen molar-refractivity contribution in [3.63, 3.8) is 0 Å². The molecule has 0 fully saturated rings. The number of hydrogen-bond acceptors (Lipinski definition) is 3. The normalized spacial score (nSPS) is 13.5. The lowest BCUT2D eigenvalue weighted by molar-refractivity contribution is 0.0696. The summed E-state index contributed by atoms with van der Waals surface area (Å²) in [5.74, 6) is -0.945. The van der Waals surface area contributed by atoms with E-state index in [-0.39, 0.29) is 5.56 Å². The molecule has 0 amide bonds. The molecule has 0 bridgehead atoms. The van der Waals surface area contributed by atoms with Crippen molar-refractivity contribution in [2.75, 3.05) is 5.32 Å². The van der Waals surface area contributed by atoms with Gasteiger partial charge in [0.05, 0.1) is 17.8 Å². The van der Waals surface area contributed by atoms with Gasteiger partial charge in [-0.3, -0.25) is 4.98 Å². The average molecular weight is 282 g/mol. The third-order valence-corrected chi connectivity index (χ3v) is 3.93. The van der Waals surface area contributed by atoms with Crippen LogP contribution < -0.4 is 5.32 Å². The minimum Gasteiger partial charge on any atom is -0.478 e. The number of anilines is 1. The van der Waals surface area contributed by atoms with Gasteiger partial charge in [0.1, 0.15) is 0 Å². The maximum Gasteiger partial charge on any atom is 0.337 e. The summed E-state index contributed by atoms with van der Waals surface area (Å²) >= 11 is 0. The molecule has 4 nitrogen and oxygen atoms in total. The minimum atomic E-state index is -0.945. The van der Waals surface area contributed by atoms with Gasteiger partial charge in [0.15, 0.2) is 0 Å². The first-order chi connectivity index (χ1) is 10.2. The highest BCUT2D eigenvalue weighted by atomic mass is 16.4. The number of aryl methyl sites for hydroxylation is 1. The monoisotopic (exact) mass is 282 g/mol. The van der Waals surface area contributed by atoms with Crippen LogP contribution in [0.2, 0.25) is 0 Å². The zero-order valence-electron chi connectivity index (χ0n) is 11.8. The highest BCUT2D eigenvalue weighted by Crippen LogP contribution is 2.28. The van der Waals surface area contributed by atoms with Gasteiger partial charge in [-0.15, -0.1) is 0 Å². The molecule has 1 aliphatic carbocycles. The number of fused-ring (bicyclic) bond motifs is 1. The second-order valence-electron chi connectivity index (χ2n) is 5.35. The lowest BCUT2D eigenvalue weighted by Crippen LogP contribution is -2.09. The summed E-state index contributed by atoms with van der Waals surface area (Å²) in [6.07, 6.45) is 6.21. The second-order valence-corrected chi connectivity index (χ2v) is 5.35. The van der Waals surface area contributed by atoms with Crippen LogP contribution in [0.3, 0.4) is 0 Å². The van der Waals surface area contributed by atoms with Gasteiger partial charge in [-0.25, -0.2) is 4.79 Å². The maximum absolute atomic E-state index is 10.8. The molecule has 1 heterocycles. The second kappa shape index (κ2) is 5.95. The number of carboxylic acid groups (broad SMARTS) is 1. The third kappa shape index (κ3) is 3.05. The molecule has 0 unspecified atom stereocenters. The number of rotatable bonds is 4. The summed E-state index contributed by atoms with van der Waals surface area (Å²) in [5, 5.41) is 12.3. The Morgan fingerprint density at radius 1 is 1.19 bits per heavy atom. The molecule has 0 saturated heterocycles. The first-order valence-electron chi connectivity index (χ1n) is 7.27. The highest BCUT2D eigenvalue weighted by molar-refractivity contribution is 5.87. The molecular formula is C17H18N2O2. The molecule has 2 N–H and O–H groups in total. The largest absolute Gasteiger partial charge is 0.478 e. The molecule has 0 atom stereocenters. The Bertz CT molecular complexity index is 650. The number of pyridine rings is 1. The SMILES string of the molecule is O=C(O)c1ccc(CNc2cccc3c2CCCC3)nc1. The van der Waals surface area contributed by atoms with Gasteiger partial charge in [-0.1, -0.05) is 12.1 Å². The number of aromatic nitrogens is 1. The Hall–Kier alpha value is -2.36. The number of carbonyl (C=O) groups is 1. The molecular weight excluding hydrogens is 264 g/mol. The van der Waals surface area contributed by atoms with E-state index in [0.717, 1.165) is 18.5 Å². The quantitative estimate of drug-likeness (QED) is 0.903. The van der Waals surface area contributed by atoms with Crippen molar-refractivity contribution in [3.05, 3.63) is 58.9 Å². The van der Waals surface area contributed by atoms with E-state index in [0.29, 0.717) is 6.54 Å². The number of benzene rings is 1. The highest BCUT2D eigenvalue weighted by Gasteiger charge is 2.12. The minimum absolute atomic E-state index is 0.218. The van der Waals surface area contributed by atoms with E-state index in [1.807, 2.05) is 0 Å². The predicted octanol–water partition coefficient (Wildman–Crippen LogP) is 3.27. The molecule has 0 radical (unpaired) electrons. The summed E-state index contributed by atoms with van der Waals surface area (Å²) in [4.78, 5) is 15.0. The van der Waals surface area contributed by atoms with E-state index in [9.17, 15) is 4.79 Å². The molecule has 0 aliphatic heterocycles. The van der Waals surface area contributed by atoms with E-state index in [2.05, 4.69) is 28.5 Å². The first kappa shape index (κ1) is 13.6. The van der Waals surface area contributed by atoms with E-state index < -0.39 is 5.97 Å². The van der Waals surface area contributed by atoms with Crippen LogP contribution in [0.4, 0.5) is 5.69 Å². The van der Waals surface area contributed by atoms with Crippen molar-refractivity contribution >= 4 is 11.7 Å². The number of hydrogen-bond donors (Lipinski definition) is 2. The Morgan fingerprint density at radius 3 is 2.81 bits per heavy atom. The molecule has 21 heavy (non-hydrogen) atoms. The van der Waals surface area contributed by atoms with Crippen LogP contribution in [0.15, 0.2) is 36.5 Å². The fourth-order valence-electron chi connectivity index (χ4n) is 2.79. The molecule has 1 aliphatic rings. The topological polar surface area (TPSA) is 62.2 Å². The number of nitrogens with zero attached hydrogens (tertiary/aromatic N) is 1. The van der Waals surface area contributed by atoms with Crippen LogP contribution in [-0.2, 0) is 19.4 Å². The van der Waals surface area contributed by atoms with Crippen molar-refractivity contribution in [2.45, 2.75) is 32.2 Å². The van der Waals surface area contributed by atoms with E-state index >= 15 is 0 Å². The van der Waals surface area contributed by atoms with Gasteiger partial charge in [-0.2, -0.15) is 0 Å². The maximum atomic E-state index is 10.8. The van der Waals surface area contributed by atoms with E-state index in [4.69, 9.17) is 5.11 Å². The van der Waals surface area contributed by atoms with Crippen molar-refractivity contribution in [1.29, 1.82) is 0 Å². The van der Waals surface area contributed by atoms with Crippen molar-refractivity contribution in [3.8, 4) is 0 Å². The van der Waals surface area contributed by atoms with Crippen LogP contribution in [-0.4, -0.2) is 16.1 Å². The molecule has 1 aromatic heterocycles. The summed E-state index contributed by atoms with van der Waals surface area (Å²) in [6, 6.07) is 9.75. The third-order valence-electron chi connectivity index (χ3n) is 3.93. The van der Waals surface area contributed by atoms with Crippen molar-refractivity contribution < 1.29 is 9.90 Å². The summed E-state index contributed by atoms with van der Waals surface area (Å²) < 4.78 is 0. The number of aromatic carboxylic acids is 1. The predicted molar refractivity (Wildman–Crippen MR) is 81.6 cm³/mol. The van der Waals surface area contributed by atoms with Crippen LogP contribution in [0.5, 0.6) is 0 Å². The Morgan fingerprint density at radius 2 is 2.05 bits per heavy atom. The summed E-state index contributed by atoms with van der Waals surface area (Å²) in [5.41, 5.74) is 5.10. The van der Waals surface area contributed by atoms with Gasteiger partial charge in [0.25, 0.3) is 0 Å². The average Bonchev–Trinajstić information content (AvgIpc) is 2.53. The molecule has 2 aromatic rings. The summed E-state index contributed by atoms with van der Waals surface area (Å²) in [6.45, 7) is 0.607. The van der Waals surface area contributed by atoms with Crippen LogP contribution >= 0.6 is 0 Å². The lowest BCUT2D eigenvalue weighted by Gasteiger charge is -2.20. The molecule has 1 aromatic carbocycles. The van der Waals surface area contributed by atoms with Crippen LogP contribution in [0.1, 0.15) is 40.0 Å². The smallest absolute Gasteiger partial charge is 0.337 e. The molecule has 0 saturated carbocycles. The Kier molecular flexibility index (Phi) is 3.86. The van der Waals surface area contributed by atoms with Gasteiger partial charge in [-0.05, 0) is 55.0 Å². The summed E-state index contributed by atoms with van der Waals surface area (Å²) in [7, 11) is 0. The zero-order valence-corrected chi connectivity index (χ0v) is 11.8. The Labute approximate surface area is 123 Å². The van der Waals surface area contributed by atoms with E-state index in [1.54, 1.807) is 12.1 Å². The number of carboxylic acids is 1. The van der Waals surface area contributed by atoms with Crippen molar-refractivity contribution in [2.24, 2.45) is 0 Å². The van der Waals surface area contributed by atoms with Crippen molar-refractivity contribution in [1.82, 2.24) is 4.98 Å². The van der Waals surface area contributed by atoms with Gasteiger partial charge >= 0.3 is 5.97 Å². The zero-order chi connectivity index (χ0) is 14.7. The molecule has 3 rings (SSSR count). The lowest BCUT2D eigenvalue weighted by atomic mass is 9.90. The fourth-order valence-corrected chi connectivity index (χ4v) is 2.79. The number of nitrogens with one attached hydrogen (secondary N) is 1. The van der Waals surface area contributed by atoms with Gasteiger partial charge in [0.2, 0.25) is 0 Å². The fraction of sp³-hybridized carbons (Fsp3) is 0.294. The first-order valence-corrected chi connectivity index (χ1v) is 7.27. The standard InChI is InChI=1S/C17H18N2O2/c20-17(21)13-8-9-14(18-10-13)11-19-16-7-3-5-12-4-1-2-6-15(12)16/h3,5,7-10,19H,1-2,4,6,11H2,(H,20,21). The Balaban J connectivity index is 1.71. The molecule has 4 heteroatoms. The van der Waals surface area contributed by atoms with Gasteiger partial charge < -0.3 is 10.4 Å². The van der Waals surface area contributed by atoms with Gasteiger partial charge in [0, 0.05) is 11.9 Å².